The average molecular weight is 288 g/mol. The fourth-order valence-electron chi connectivity index (χ4n) is 2.13. The first-order valence-electron chi connectivity index (χ1n) is 7.30. The summed E-state index contributed by atoms with van der Waals surface area (Å²) in [5, 5.41) is 3.29. The fraction of sp³-hybridized carbons (Fsp3) is 0.375. The highest BCUT2D eigenvalue weighted by Crippen LogP contribution is 2.25. The molecule has 21 heavy (non-hydrogen) atoms. The summed E-state index contributed by atoms with van der Waals surface area (Å²) in [6.07, 6.45) is 4.48. The standard InChI is InChI=1S/C16H21FN4/c1-3-9-18-10-13-11-19-12-16(20-13)21(4-2)15-8-6-5-7-14(15)17/h5-8,11-12,18H,3-4,9-10H2,1-2H3. The van der Waals surface area contributed by atoms with Gasteiger partial charge in [0.1, 0.15) is 5.82 Å². The van der Waals surface area contributed by atoms with Crippen LogP contribution in [-0.4, -0.2) is 23.1 Å². The Labute approximate surface area is 125 Å². The number of hydrogen-bond acceptors (Lipinski definition) is 4. The van der Waals surface area contributed by atoms with Gasteiger partial charge in [-0.15, -0.1) is 0 Å². The highest BCUT2D eigenvalue weighted by atomic mass is 19.1. The van der Waals surface area contributed by atoms with Crippen molar-refractivity contribution >= 4 is 11.5 Å². The Kier molecular flexibility index (Phi) is 5.63. The van der Waals surface area contributed by atoms with Crippen LogP contribution in [0.1, 0.15) is 26.0 Å². The lowest BCUT2D eigenvalue weighted by atomic mass is 10.2. The van der Waals surface area contributed by atoms with Crippen LogP contribution in [-0.2, 0) is 6.54 Å². The van der Waals surface area contributed by atoms with Crippen LogP contribution in [0, 0.1) is 5.82 Å². The predicted octanol–water partition coefficient (Wildman–Crippen LogP) is 3.27. The second kappa shape index (κ2) is 7.69. The van der Waals surface area contributed by atoms with Crippen LogP contribution in [0.4, 0.5) is 15.9 Å². The lowest BCUT2D eigenvalue weighted by Crippen LogP contribution is -2.21. The quantitative estimate of drug-likeness (QED) is 0.794. The molecule has 112 valence electrons. The van der Waals surface area contributed by atoms with Crippen molar-refractivity contribution in [3.8, 4) is 0 Å². The molecule has 0 radical (unpaired) electrons. The van der Waals surface area contributed by atoms with E-state index < -0.39 is 0 Å². The number of halogens is 1. The zero-order chi connectivity index (χ0) is 15.1. The van der Waals surface area contributed by atoms with Crippen molar-refractivity contribution in [1.29, 1.82) is 0 Å². The van der Waals surface area contributed by atoms with Crippen molar-refractivity contribution in [3.05, 3.63) is 48.2 Å². The van der Waals surface area contributed by atoms with Crippen molar-refractivity contribution < 1.29 is 4.39 Å². The summed E-state index contributed by atoms with van der Waals surface area (Å²) in [6.45, 7) is 6.32. The van der Waals surface area contributed by atoms with E-state index in [2.05, 4.69) is 22.2 Å². The molecule has 0 aliphatic carbocycles. The molecule has 0 fully saturated rings. The molecule has 0 amide bonds. The molecule has 1 N–H and O–H groups in total. The molecule has 2 rings (SSSR count). The van der Waals surface area contributed by atoms with E-state index in [1.807, 2.05) is 17.9 Å². The van der Waals surface area contributed by atoms with Gasteiger partial charge in [0.15, 0.2) is 5.82 Å². The number of nitrogens with one attached hydrogen (secondary N) is 1. The molecule has 0 bridgehead atoms. The average Bonchev–Trinajstić information content (AvgIpc) is 2.51. The predicted molar refractivity (Wildman–Crippen MR) is 83.1 cm³/mol. The molecule has 0 aliphatic rings. The number of anilines is 2. The minimum Gasteiger partial charge on any atom is -0.323 e. The van der Waals surface area contributed by atoms with Crippen LogP contribution < -0.4 is 10.2 Å². The normalized spacial score (nSPS) is 10.6. The summed E-state index contributed by atoms with van der Waals surface area (Å²) in [5.41, 5.74) is 1.38. The van der Waals surface area contributed by atoms with Crippen LogP contribution in [0.15, 0.2) is 36.7 Å². The highest BCUT2D eigenvalue weighted by Gasteiger charge is 2.13. The second-order valence-electron chi connectivity index (χ2n) is 4.74. The zero-order valence-corrected chi connectivity index (χ0v) is 12.5. The molecule has 0 atom stereocenters. The Morgan fingerprint density at radius 2 is 2.00 bits per heavy atom. The van der Waals surface area contributed by atoms with Crippen molar-refractivity contribution in [3.63, 3.8) is 0 Å². The lowest BCUT2D eigenvalue weighted by Gasteiger charge is -2.22. The number of para-hydroxylation sites is 1. The third-order valence-corrected chi connectivity index (χ3v) is 3.14. The van der Waals surface area contributed by atoms with Gasteiger partial charge in [-0.3, -0.25) is 4.98 Å². The third kappa shape index (κ3) is 3.98. The lowest BCUT2D eigenvalue weighted by molar-refractivity contribution is 0.624. The van der Waals surface area contributed by atoms with E-state index in [9.17, 15) is 4.39 Å². The molecule has 0 saturated carbocycles. The van der Waals surface area contributed by atoms with Crippen molar-refractivity contribution in [2.24, 2.45) is 0 Å². The molecule has 5 heteroatoms. The summed E-state index contributed by atoms with van der Waals surface area (Å²) in [6, 6.07) is 6.71. The monoisotopic (exact) mass is 288 g/mol. The van der Waals surface area contributed by atoms with Gasteiger partial charge in [0.05, 0.1) is 17.6 Å². The zero-order valence-electron chi connectivity index (χ0n) is 12.5. The minimum absolute atomic E-state index is 0.254. The van der Waals surface area contributed by atoms with Crippen molar-refractivity contribution in [1.82, 2.24) is 15.3 Å². The largest absolute Gasteiger partial charge is 0.323 e. The van der Waals surface area contributed by atoms with Gasteiger partial charge in [-0.25, -0.2) is 9.37 Å². The van der Waals surface area contributed by atoms with Gasteiger partial charge in [-0.05, 0) is 32.0 Å². The molecule has 0 spiro atoms. The molecule has 0 aliphatic heterocycles. The third-order valence-electron chi connectivity index (χ3n) is 3.14. The maximum Gasteiger partial charge on any atom is 0.151 e. The maximum absolute atomic E-state index is 14.0. The molecule has 0 unspecified atom stereocenters. The molecule has 1 aromatic heterocycles. The summed E-state index contributed by atoms with van der Waals surface area (Å²) in [7, 11) is 0. The van der Waals surface area contributed by atoms with E-state index in [-0.39, 0.29) is 5.82 Å². The molecule has 1 heterocycles. The van der Waals surface area contributed by atoms with Crippen LogP contribution in [0.3, 0.4) is 0 Å². The Hall–Kier alpha value is -2.01. The molecule has 4 nitrogen and oxygen atoms in total. The summed E-state index contributed by atoms with van der Waals surface area (Å²) < 4.78 is 14.0. The molecule has 2 aromatic rings. The number of hydrogen-bond donors (Lipinski definition) is 1. The highest BCUT2D eigenvalue weighted by molar-refractivity contribution is 5.59. The number of benzene rings is 1. The van der Waals surface area contributed by atoms with E-state index >= 15 is 0 Å². The molecule has 1 aromatic carbocycles. The first-order valence-corrected chi connectivity index (χ1v) is 7.30. The molecular formula is C16H21FN4. The van der Waals surface area contributed by atoms with E-state index in [4.69, 9.17) is 0 Å². The van der Waals surface area contributed by atoms with Crippen molar-refractivity contribution in [2.75, 3.05) is 18.0 Å². The van der Waals surface area contributed by atoms with Gasteiger partial charge in [0.2, 0.25) is 0 Å². The summed E-state index contributed by atoms with van der Waals surface area (Å²) in [4.78, 5) is 10.6. The first-order chi connectivity index (χ1) is 10.3. The summed E-state index contributed by atoms with van der Waals surface area (Å²) in [5.74, 6) is 0.411. The van der Waals surface area contributed by atoms with Gasteiger partial charge in [-0.2, -0.15) is 0 Å². The maximum atomic E-state index is 14.0. The van der Waals surface area contributed by atoms with Gasteiger partial charge in [-0.1, -0.05) is 19.1 Å². The Morgan fingerprint density at radius 1 is 1.19 bits per heavy atom. The van der Waals surface area contributed by atoms with E-state index in [1.165, 1.54) is 6.07 Å². The fourth-order valence-corrected chi connectivity index (χ4v) is 2.13. The van der Waals surface area contributed by atoms with Crippen molar-refractivity contribution in [2.45, 2.75) is 26.8 Å². The Bertz CT molecular complexity index is 574. The van der Waals surface area contributed by atoms with Crippen LogP contribution in [0.5, 0.6) is 0 Å². The van der Waals surface area contributed by atoms with Gasteiger partial charge in [0.25, 0.3) is 0 Å². The van der Waals surface area contributed by atoms with Gasteiger partial charge < -0.3 is 10.2 Å². The topological polar surface area (TPSA) is 41.1 Å². The van der Waals surface area contributed by atoms with Crippen LogP contribution >= 0.6 is 0 Å². The minimum atomic E-state index is -0.254. The van der Waals surface area contributed by atoms with E-state index in [1.54, 1.807) is 24.5 Å². The van der Waals surface area contributed by atoms with E-state index in [0.717, 1.165) is 18.7 Å². The smallest absolute Gasteiger partial charge is 0.151 e. The van der Waals surface area contributed by atoms with Crippen LogP contribution in [0.25, 0.3) is 0 Å². The van der Waals surface area contributed by atoms with E-state index in [0.29, 0.717) is 24.6 Å². The van der Waals surface area contributed by atoms with Gasteiger partial charge in [0, 0.05) is 19.3 Å². The SMILES string of the molecule is CCCNCc1cncc(N(CC)c2ccccc2F)n1. The molecule has 0 saturated heterocycles. The Balaban J connectivity index is 2.22. The second-order valence-corrected chi connectivity index (χ2v) is 4.74. The summed E-state index contributed by atoms with van der Waals surface area (Å²) >= 11 is 0. The van der Waals surface area contributed by atoms with Crippen LogP contribution in [0.2, 0.25) is 0 Å². The van der Waals surface area contributed by atoms with Gasteiger partial charge >= 0.3 is 0 Å². The number of nitrogens with zero attached hydrogens (tertiary/aromatic N) is 3. The Morgan fingerprint density at radius 3 is 2.71 bits per heavy atom. The first kappa shape index (κ1) is 15.4. The molecular weight excluding hydrogens is 267 g/mol. The number of rotatable bonds is 7. The number of aromatic nitrogens is 2.